The third-order valence-corrected chi connectivity index (χ3v) is 4.31. The van der Waals surface area contributed by atoms with Crippen LogP contribution in [0.3, 0.4) is 0 Å². The topological polar surface area (TPSA) is 103 Å². The van der Waals surface area contributed by atoms with Gasteiger partial charge in [-0.3, -0.25) is 0 Å². The number of urea groups is 1. The fourth-order valence-electron chi connectivity index (χ4n) is 2.84. The summed E-state index contributed by atoms with van der Waals surface area (Å²) < 4.78 is 12.2. The zero-order valence-electron chi connectivity index (χ0n) is 14.8. The number of anilines is 1. The van der Waals surface area contributed by atoms with Crippen molar-refractivity contribution >= 4 is 11.7 Å². The van der Waals surface area contributed by atoms with E-state index in [-0.39, 0.29) is 18.9 Å². The summed E-state index contributed by atoms with van der Waals surface area (Å²) >= 11 is 0. The van der Waals surface area contributed by atoms with Crippen LogP contribution in [0.25, 0.3) is 5.69 Å². The van der Waals surface area contributed by atoms with Crippen LogP contribution in [0.2, 0.25) is 0 Å². The molecule has 1 aromatic heterocycles. The fourth-order valence-corrected chi connectivity index (χ4v) is 2.84. The number of hydrogen-bond donors (Lipinski definition) is 2. The van der Waals surface area contributed by atoms with Gasteiger partial charge in [0, 0.05) is 5.69 Å². The number of rotatable bonds is 4. The van der Waals surface area contributed by atoms with Crippen molar-refractivity contribution in [3.63, 3.8) is 0 Å². The predicted octanol–water partition coefficient (Wildman–Crippen LogP) is 2.58. The minimum absolute atomic E-state index is 0.205. The van der Waals surface area contributed by atoms with Gasteiger partial charge in [-0.2, -0.15) is 0 Å². The van der Waals surface area contributed by atoms with Crippen LogP contribution in [-0.2, 0) is 0 Å². The Labute approximate surface area is 155 Å². The maximum absolute atomic E-state index is 12.4. The fraction of sp³-hybridized carbons (Fsp3) is 0.222. The SMILES string of the molecule is Cc1ccc(NC(=O)NC(C)c2ccc3c(c2)OCO3)cc1-n1cnnn1. The smallest absolute Gasteiger partial charge is 0.319 e. The summed E-state index contributed by atoms with van der Waals surface area (Å²) in [7, 11) is 0. The molecule has 0 spiro atoms. The Morgan fingerprint density at radius 3 is 2.85 bits per heavy atom. The van der Waals surface area contributed by atoms with Gasteiger partial charge in [-0.15, -0.1) is 5.10 Å². The first-order valence-electron chi connectivity index (χ1n) is 8.41. The first-order chi connectivity index (χ1) is 13.1. The Morgan fingerprint density at radius 2 is 2.04 bits per heavy atom. The number of amides is 2. The van der Waals surface area contributed by atoms with Gasteiger partial charge < -0.3 is 20.1 Å². The van der Waals surface area contributed by atoms with Crippen molar-refractivity contribution in [2.75, 3.05) is 12.1 Å². The van der Waals surface area contributed by atoms with Crippen molar-refractivity contribution in [3.05, 3.63) is 53.9 Å². The molecule has 1 unspecified atom stereocenters. The van der Waals surface area contributed by atoms with E-state index in [1.54, 1.807) is 4.68 Å². The number of aromatic nitrogens is 4. The van der Waals surface area contributed by atoms with Crippen LogP contribution in [0.4, 0.5) is 10.5 Å². The van der Waals surface area contributed by atoms with Crippen molar-refractivity contribution in [2.24, 2.45) is 0 Å². The molecule has 1 aliphatic rings. The van der Waals surface area contributed by atoms with Crippen molar-refractivity contribution < 1.29 is 14.3 Å². The molecule has 2 N–H and O–H groups in total. The first kappa shape index (κ1) is 16.8. The summed E-state index contributed by atoms with van der Waals surface area (Å²) in [5.41, 5.74) is 3.35. The van der Waals surface area contributed by atoms with Crippen LogP contribution in [0.1, 0.15) is 24.1 Å². The second kappa shape index (κ2) is 6.94. The Hall–Kier alpha value is -3.62. The minimum atomic E-state index is -0.313. The van der Waals surface area contributed by atoms with Gasteiger partial charge in [-0.25, -0.2) is 9.48 Å². The quantitative estimate of drug-likeness (QED) is 0.736. The molecule has 1 aliphatic heterocycles. The number of hydrogen-bond acceptors (Lipinski definition) is 6. The molecule has 0 radical (unpaired) electrons. The zero-order valence-corrected chi connectivity index (χ0v) is 14.8. The van der Waals surface area contributed by atoms with Gasteiger partial charge in [0.05, 0.1) is 11.7 Å². The van der Waals surface area contributed by atoms with Gasteiger partial charge in [0.15, 0.2) is 11.5 Å². The zero-order chi connectivity index (χ0) is 18.8. The molecule has 0 aliphatic carbocycles. The number of carbonyl (C=O) groups excluding carboxylic acids is 1. The highest BCUT2D eigenvalue weighted by Crippen LogP contribution is 2.34. The molecular formula is C18H18N6O3. The lowest BCUT2D eigenvalue weighted by atomic mass is 10.1. The Morgan fingerprint density at radius 1 is 1.19 bits per heavy atom. The van der Waals surface area contributed by atoms with Gasteiger partial charge in [0.25, 0.3) is 0 Å². The monoisotopic (exact) mass is 366 g/mol. The first-order valence-corrected chi connectivity index (χ1v) is 8.41. The minimum Gasteiger partial charge on any atom is -0.454 e. The second-order valence-corrected chi connectivity index (χ2v) is 6.19. The molecule has 4 rings (SSSR count). The highest BCUT2D eigenvalue weighted by molar-refractivity contribution is 5.90. The molecule has 27 heavy (non-hydrogen) atoms. The number of carbonyl (C=O) groups is 1. The third kappa shape index (κ3) is 3.52. The number of aryl methyl sites for hydroxylation is 1. The van der Waals surface area contributed by atoms with Crippen molar-refractivity contribution in [2.45, 2.75) is 19.9 Å². The number of benzene rings is 2. The van der Waals surface area contributed by atoms with E-state index in [4.69, 9.17) is 9.47 Å². The predicted molar refractivity (Wildman–Crippen MR) is 97.0 cm³/mol. The van der Waals surface area contributed by atoms with Crippen molar-refractivity contribution in [3.8, 4) is 17.2 Å². The van der Waals surface area contributed by atoms with E-state index in [9.17, 15) is 4.79 Å². The molecule has 9 nitrogen and oxygen atoms in total. The van der Waals surface area contributed by atoms with Crippen LogP contribution in [-0.4, -0.2) is 33.0 Å². The van der Waals surface area contributed by atoms with E-state index >= 15 is 0 Å². The van der Waals surface area contributed by atoms with Crippen LogP contribution in [0.15, 0.2) is 42.7 Å². The van der Waals surface area contributed by atoms with Crippen molar-refractivity contribution in [1.82, 2.24) is 25.5 Å². The van der Waals surface area contributed by atoms with Crippen molar-refractivity contribution in [1.29, 1.82) is 0 Å². The number of tetrazole rings is 1. The second-order valence-electron chi connectivity index (χ2n) is 6.19. The molecule has 138 valence electrons. The van der Waals surface area contributed by atoms with Gasteiger partial charge in [-0.05, 0) is 59.7 Å². The molecular weight excluding hydrogens is 348 g/mol. The van der Waals surface area contributed by atoms with E-state index in [0.29, 0.717) is 17.2 Å². The molecule has 2 aromatic carbocycles. The van der Waals surface area contributed by atoms with Crippen LogP contribution in [0, 0.1) is 6.92 Å². The van der Waals surface area contributed by atoms with Gasteiger partial charge in [0.1, 0.15) is 6.33 Å². The summed E-state index contributed by atoms with van der Waals surface area (Å²) in [6.45, 7) is 4.07. The number of nitrogens with zero attached hydrogens (tertiary/aromatic N) is 4. The van der Waals surface area contributed by atoms with Crippen LogP contribution in [0.5, 0.6) is 11.5 Å². The summed E-state index contributed by atoms with van der Waals surface area (Å²) in [5.74, 6) is 1.40. The number of nitrogens with one attached hydrogen (secondary N) is 2. The summed E-state index contributed by atoms with van der Waals surface area (Å²) in [5, 5.41) is 16.9. The largest absolute Gasteiger partial charge is 0.454 e. The summed E-state index contributed by atoms with van der Waals surface area (Å²) in [6.07, 6.45) is 1.51. The lowest BCUT2D eigenvalue weighted by Crippen LogP contribution is -2.31. The highest BCUT2D eigenvalue weighted by Gasteiger charge is 2.17. The molecule has 1 atom stereocenters. The lowest BCUT2D eigenvalue weighted by Gasteiger charge is -2.16. The van der Waals surface area contributed by atoms with Gasteiger partial charge in [-0.1, -0.05) is 12.1 Å². The molecule has 0 fully saturated rings. The molecule has 0 saturated carbocycles. The summed E-state index contributed by atoms with van der Waals surface area (Å²) in [4.78, 5) is 12.4. The maximum Gasteiger partial charge on any atom is 0.319 e. The molecule has 2 heterocycles. The molecule has 3 aromatic rings. The number of fused-ring (bicyclic) bond motifs is 1. The Bertz CT molecular complexity index is 973. The van der Waals surface area contributed by atoms with Crippen LogP contribution >= 0.6 is 0 Å². The average Bonchev–Trinajstić information content (AvgIpc) is 3.34. The van der Waals surface area contributed by atoms with E-state index < -0.39 is 0 Å². The Kier molecular flexibility index (Phi) is 4.33. The third-order valence-electron chi connectivity index (χ3n) is 4.31. The molecule has 0 saturated heterocycles. The highest BCUT2D eigenvalue weighted by atomic mass is 16.7. The lowest BCUT2D eigenvalue weighted by molar-refractivity contribution is 0.174. The Balaban J connectivity index is 1.44. The summed E-state index contributed by atoms with van der Waals surface area (Å²) in [6, 6.07) is 10.6. The normalized spacial score (nSPS) is 13.3. The van der Waals surface area contributed by atoms with E-state index in [0.717, 1.165) is 16.8 Å². The van der Waals surface area contributed by atoms with E-state index in [1.165, 1.54) is 6.33 Å². The molecule has 0 bridgehead atoms. The van der Waals surface area contributed by atoms with Gasteiger partial charge in [0.2, 0.25) is 6.79 Å². The molecule has 2 amide bonds. The van der Waals surface area contributed by atoms with Crippen LogP contribution < -0.4 is 20.1 Å². The van der Waals surface area contributed by atoms with E-state index in [2.05, 4.69) is 26.2 Å². The maximum atomic E-state index is 12.4. The van der Waals surface area contributed by atoms with Gasteiger partial charge >= 0.3 is 6.03 Å². The average molecular weight is 366 g/mol. The number of ether oxygens (including phenoxy) is 2. The standard InChI is InChI=1S/C18H18N6O3/c1-11-3-5-14(8-15(11)24-9-19-22-23-24)21-18(25)20-12(2)13-4-6-16-17(7-13)27-10-26-16/h3-9,12H,10H2,1-2H3,(H2,20,21,25). The van der Waals surface area contributed by atoms with E-state index in [1.807, 2.05) is 50.2 Å². The molecule has 9 heteroatoms.